The van der Waals surface area contributed by atoms with Gasteiger partial charge in [0.15, 0.2) is 0 Å². The maximum absolute atomic E-state index is 9.22. The van der Waals surface area contributed by atoms with Crippen molar-refractivity contribution in [1.82, 2.24) is 0 Å². The summed E-state index contributed by atoms with van der Waals surface area (Å²) in [5.74, 6) is 4.68. The number of benzene rings is 1. The Labute approximate surface area is 69.9 Å². The Morgan fingerprint density at radius 2 is 2.00 bits per heavy atom. The second kappa shape index (κ2) is 4.35. The van der Waals surface area contributed by atoms with Crippen molar-refractivity contribution >= 4 is 12.6 Å². The van der Waals surface area contributed by atoms with Crippen LogP contribution in [-0.2, 0) is 4.76 Å². The second-order valence-corrected chi connectivity index (χ2v) is 2.07. The van der Waals surface area contributed by atoms with Gasteiger partial charge in [-0.1, -0.05) is 30.3 Å². The Bertz CT molecular complexity index is 254. The topological polar surface area (TPSA) is 80.2 Å². The van der Waals surface area contributed by atoms with Crippen LogP contribution in [0.3, 0.4) is 0 Å². The number of hydrogen-bond donors (Lipinski definition) is 2. The van der Waals surface area contributed by atoms with E-state index in [2.05, 4.69) is 21.1 Å². The first kappa shape index (κ1) is 8.54. The Morgan fingerprint density at radius 3 is 2.58 bits per heavy atom. The van der Waals surface area contributed by atoms with E-state index in [0.29, 0.717) is 5.46 Å². The van der Waals surface area contributed by atoms with Gasteiger partial charge in [0.2, 0.25) is 0 Å². The molecule has 0 atom stereocenters. The van der Waals surface area contributed by atoms with Crippen molar-refractivity contribution in [2.24, 2.45) is 16.3 Å². The highest BCUT2D eigenvalue weighted by Gasteiger charge is 2.17. The van der Waals surface area contributed by atoms with Gasteiger partial charge in [-0.3, -0.25) is 0 Å². The molecule has 0 aliphatic carbocycles. The van der Waals surface area contributed by atoms with Gasteiger partial charge in [-0.15, -0.1) is 0 Å². The van der Waals surface area contributed by atoms with Crippen molar-refractivity contribution in [3.63, 3.8) is 0 Å². The Balaban J connectivity index is 2.59. The highest BCUT2D eigenvalue weighted by molar-refractivity contribution is 6.59. The van der Waals surface area contributed by atoms with Crippen LogP contribution in [0.15, 0.2) is 40.8 Å². The lowest BCUT2D eigenvalue weighted by Crippen LogP contribution is -2.31. The van der Waals surface area contributed by atoms with Gasteiger partial charge in [0.05, 0.1) is 0 Å². The Morgan fingerprint density at radius 1 is 1.33 bits per heavy atom. The first-order chi connectivity index (χ1) is 5.84. The average Bonchev–Trinajstić information content (AvgIpc) is 2.15. The molecule has 0 aliphatic heterocycles. The zero-order valence-corrected chi connectivity index (χ0v) is 6.29. The standard InChI is InChI=1S/C6H8BN3O2/c8-9-10-12-7(11)6-4-2-1-3-5-6/h1-5,11H,(H2,8,10). The van der Waals surface area contributed by atoms with Crippen molar-refractivity contribution in [3.05, 3.63) is 30.3 Å². The van der Waals surface area contributed by atoms with Crippen LogP contribution in [-0.4, -0.2) is 12.1 Å². The molecule has 0 aromatic heterocycles. The molecule has 6 heteroatoms. The maximum Gasteiger partial charge on any atom is 0.585 e. The third-order valence-corrected chi connectivity index (χ3v) is 1.28. The summed E-state index contributed by atoms with van der Waals surface area (Å²) >= 11 is 0. The van der Waals surface area contributed by atoms with E-state index in [0.717, 1.165) is 0 Å². The predicted molar refractivity (Wildman–Crippen MR) is 44.2 cm³/mol. The van der Waals surface area contributed by atoms with E-state index < -0.39 is 7.12 Å². The number of nitrogens with zero attached hydrogens (tertiary/aromatic N) is 2. The molecule has 0 spiro atoms. The summed E-state index contributed by atoms with van der Waals surface area (Å²) in [7, 11) is -1.11. The van der Waals surface area contributed by atoms with Gasteiger partial charge in [-0.05, 0) is 10.7 Å². The lowest BCUT2D eigenvalue weighted by molar-refractivity contribution is 0.259. The molecule has 0 saturated carbocycles. The van der Waals surface area contributed by atoms with Crippen LogP contribution in [0.25, 0.3) is 0 Å². The molecule has 5 nitrogen and oxygen atoms in total. The molecule has 3 N–H and O–H groups in total. The van der Waals surface area contributed by atoms with E-state index in [1.165, 1.54) is 0 Å². The number of nitrogens with two attached hydrogens (primary N) is 1. The SMILES string of the molecule is N/N=N/OB(O)c1ccccc1. The third kappa shape index (κ3) is 2.24. The van der Waals surface area contributed by atoms with Crippen molar-refractivity contribution in [2.45, 2.75) is 0 Å². The summed E-state index contributed by atoms with van der Waals surface area (Å²) in [5, 5.41) is 15.1. The molecule has 1 rings (SSSR count). The molecule has 0 bridgehead atoms. The molecule has 12 heavy (non-hydrogen) atoms. The smallest absolute Gasteiger partial charge is 0.411 e. The van der Waals surface area contributed by atoms with Crippen LogP contribution in [0, 0.1) is 0 Å². The molecule has 0 heterocycles. The Kier molecular flexibility index (Phi) is 3.10. The molecular weight excluding hydrogens is 157 g/mol. The molecular formula is C6H8BN3O2. The summed E-state index contributed by atoms with van der Waals surface area (Å²) in [5.41, 5.74) is 0.602. The Hall–Kier alpha value is -1.56. The minimum absolute atomic E-state index is 0.602. The van der Waals surface area contributed by atoms with E-state index in [1.54, 1.807) is 24.3 Å². The van der Waals surface area contributed by atoms with Gasteiger partial charge < -0.3 is 15.6 Å². The van der Waals surface area contributed by atoms with E-state index in [1.807, 2.05) is 6.07 Å². The molecule has 0 fully saturated rings. The fourth-order valence-electron chi connectivity index (χ4n) is 0.750. The summed E-state index contributed by atoms with van der Waals surface area (Å²) < 4.78 is 4.47. The largest absolute Gasteiger partial charge is 0.585 e. The van der Waals surface area contributed by atoms with Gasteiger partial charge in [-0.25, -0.2) is 0 Å². The number of hydrogen-bond acceptors (Lipinski definition) is 4. The van der Waals surface area contributed by atoms with Gasteiger partial charge in [0, 0.05) is 5.28 Å². The average molecular weight is 165 g/mol. The van der Waals surface area contributed by atoms with Gasteiger partial charge in [0.25, 0.3) is 0 Å². The lowest BCUT2D eigenvalue weighted by Gasteiger charge is -2.00. The number of rotatable bonds is 3. The van der Waals surface area contributed by atoms with Gasteiger partial charge in [-0.2, -0.15) is 0 Å². The highest BCUT2D eigenvalue weighted by Crippen LogP contribution is 1.88. The van der Waals surface area contributed by atoms with E-state index >= 15 is 0 Å². The first-order valence-electron chi connectivity index (χ1n) is 3.33. The molecule has 1 aromatic rings. The molecule has 0 aliphatic rings. The van der Waals surface area contributed by atoms with Crippen molar-refractivity contribution < 1.29 is 9.78 Å². The summed E-state index contributed by atoms with van der Waals surface area (Å²) in [6, 6.07) is 8.80. The van der Waals surface area contributed by atoms with Gasteiger partial charge in [0.1, 0.15) is 0 Å². The van der Waals surface area contributed by atoms with Crippen molar-refractivity contribution in [2.75, 3.05) is 0 Å². The highest BCUT2D eigenvalue weighted by atomic mass is 16.7. The molecule has 0 amide bonds. The lowest BCUT2D eigenvalue weighted by atomic mass is 9.80. The monoisotopic (exact) mass is 165 g/mol. The van der Waals surface area contributed by atoms with Crippen LogP contribution < -0.4 is 11.3 Å². The van der Waals surface area contributed by atoms with Crippen LogP contribution in [0.1, 0.15) is 0 Å². The molecule has 0 unspecified atom stereocenters. The molecule has 0 saturated heterocycles. The second-order valence-electron chi connectivity index (χ2n) is 2.07. The van der Waals surface area contributed by atoms with E-state index in [-0.39, 0.29) is 0 Å². The fourth-order valence-corrected chi connectivity index (χ4v) is 0.750. The van der Waals surface area contributed by atoms with E-state index in [4.69, 9.17) is 0 Å². The van der Waals surface area contributed by atoms with Crippen molar-refractivity contribution in [1.29, 1.82) is 0 Å². The first-order valence-corrected chi connectivity index (χ1v) is 3.33. The zero-order chi connectivity index (χ0) is 8.81. The quantitative estimate of drug-likeness (QED) is 0.277. The van der Waals surface area contributed by atoms with Crippen LogP contribution >= 0.6 is 0 Å². The van der Waals surface area contributed by atoms with Gasteiger partial charge >= 0.3 is 7.12 Å². The van der Waals surface area contributed by atoms with E-state index in [9.17, 15) is 5.02 Å². The van der Waals surface area contributed by atoms with Crippen LogP contribution in [0.4, 0.5) is 0 Å². The zero-order valence-electron chi connectivity index (χ0n) is 6.29. The normalized spacial score (nSPS) is 10.1. The minimum Gasteiger partial charge on any atom is -0.411 e. The van der Waals surface area contributed by atoms with Crippen LogP contribution in [0.2, 0.25) is 0 Å². The molecule has 0 radical (unpaired) electrons. The summed E-state index contributed by atoms with van der Waals surface area (Å²) in [4.78, 5) is 0. The summed E-state index contributed by atoms with van der Waals surface area (Å²) in [6.45, 7) is 0. The van der Waals surface area contributed by atoms with Crippen LogP contribution in [0.5, 0.6) is 0 Å². The molecule has 1 aromatic carbocycles. The third-order valence-electron chi connectivity index (χ3n) is 1.28. The fraction of sp³-hybridized carbons (Fsp3) is 0. The summed E-state index contributed by atoms with van der Waals surface area (Å²) in [6.07, 6.45) is 0. The minimum atomic E-state index is -1.11. The van der Waals surface area contributed by atoms with Crippen molar-refractivity contribution in [3.8, 4) is 0 Å². The maximum atomic E-state index is 9.22. The predicted octanol–water partition coefficient (Wildman–Crippen LogP) is -0.368. The molecule has 62 valence electrons.